The third-order valence-electron chi connectivity index (χ3n) is 4.19. The molecule has 0 aliphatic carbocycles. The van der Waals surface area contributed by atoms with Crippen molar-refractivity contribution in [3.63, 3.8) is 0 Å². The molecule has 1 N–H and O–H groups in total. The van der Waals surface area contributed by atoms with Gasteiger partial charge in [0.15, 0.2) is 0 Å². The Morgan fingerprint density at radius 2 is 1.69 bits per heavy atom. The second-order valence-electron chi connectivity index (χ2n) is 6.00. The summed E-state index contributed by atoms with van der Waals surface area (Å²) in [4.78, 5) is 12.7. The summed E-state index contributed by atoms with van der Waals surface area (Å²) >= 11 is 1.70. The van der Waals surface area contributed by atoms with E-state index in [4.69, 9.17) is 9.72 Å². The summed E-state index contributed by atoms with van der Waals surface area (Å²) in [6, 6.07) is 24.2. The fraction of sp³-hybridized carbons (Fsp3) is 0.0476. The largest absolute Gasteiger partial charge is 0.486 e. The van der Waals surface area contributed by atoms with Gasteiger partial charge in [-0.3, -0.25) is 0 Å². The van der Waals surface area contributed by atoms with E-state index in [2.05, 4.69) is 28.2 Å². The molecule has 0 radical (unpaired) electrons. The number of fused-ring (bicyclic) bond motifs is 2. The lowest BCUT2D eigenvalue weighted by atomic mass is 10.2. The Kier molecular flexibility index (Phi) is 3.65. The molecule has 0 saturated heterocycles. The standard InChI is InChI=1S/C21H15N3OS/c1-2-6-15(7-3-1)25-13-20-22-16-11-10-14(12-18(16)23-20)21-24-17-8-4-5-9-19(17)26-21/h1-12H,13H2,(H,22,23). The molecule has 0 aliphatic heterocycles. The maximum atomic E-state index is 5.77. The van der Waals surface area contributed by atoms with E-state index in [1.807, 2.05) is 54.6 Å². The zero-order chi connectivity index (χ0) is 17.3. The Bertz CT molecular complexity index is 1160. The number of nitrogens with zero attached hydrogens (tertiary/aromatic N) is 2. The molecule has 3 aromatic carbocycles. The van der Waals surface area contributed by atoms with Crippen LogP contribution in [0.5, 0.6) is 5.75 Å². The number of imidazole rings is 1. The maximum Gasteiger partial charge on any atom is 0.146 e. The monoisotopic (exact) mass is 357 g/mol. The molecule has 0 bridgehead atoms. The van der Waals surface area contributed by atoms with E-state index >= 15 is 0 Å². The van der Waals surface area contributed by atoms with Crippen LogP contribution < -0.4 is 4.74 Å². The first kappa shape index (κ1) is 15.1. The first-order valence-corrected chi connectivity index (χ1v) is 9.19. The van der Waals surface area contributed by atoms with Gasteiger partial charge in [0.1, 0.15) is 23.2 Å². The molecular formula is C21H15N3OS. The summed E-state index contributed by atoms with van der Waals surface area (Å²) in [5.41, 5.74) is 4.06. The molecule has 26 heavy (non-hydrogen) atoms. The molecule has 126 valence electrons. The summed E-state index contributed by atoms with van der Waals surface area (Å²) in [6.45, 7) is 0.412. The Morgan fingerprint density at radius 3 is 2.58 bits per heavy atom. The zero-order valence-corrected chi connectivity index (χ0v) is 14.7. The fourth-order valence-electron chi connectivity index (χ4n) is 2.93. The summed E-state index contributed by atoms with van der Waals surface area (Å²) in [5.74, 6) is 1.65. The number of thiazole rings is 1. The van der Waals surface area contributed by atoms with Crippen molar-refractivity contribution in [1.29, 1.82) is 0 Å². The lowest BCUT2D eigenvalue weighted by Gasteiger charge is -2.02. The van der Waals surface area contributed by atoms with Crippen molar-refractivity contribution in [2.75, 3.05) is 0 Å². The van der Waals surface area contributed by atoms with Gasteiger partial charge in [0.2, 0.25) is 0 Å². The van der Waals surface area contributed by atoms with Gasteiger partial charge in [0.25, 0.3) is 0 Å². The first-order valence-electron chi connectivity index (χ1n) is 8.38. The number of hydrogen-bond acceptors (Lipinski definition) is 4. The van der Waals surface area contributed by atoms with Crippen molar-refractivity contribution in [2.45, 2.75) is 6.61 Å². The summed E-state index contributed by atoms with van der Waals surface area (Å²) < 4.78 is 6.97. The van der Waals surface area contributed by atoms with Crippen LogP contribution in [0.4, 0.5) is 0 Å². The van der Waals surface area contributed by atoms with E-state index in [1.54, 1.807) is 11.3 Å². The number of hydrogen-bond donors (Lipinski definition) is 1. The molecule has 2 aromatic heterocycles. The van der Waals surface area contributed by atoms with E-state index < -0.39 is 0 Å². The normalized spacial score (nSPS) is 11.2. The molecule has 5 heteroatoms. The van der Waals surface area contributed by atoms with Crippen LogP contribution in [0.1, 0.15) is 5.82 Å². The summed E-state index contributed by atoms with van der Waals surface area (Å²) in [7, 11) is 0. The summed E-state index contributed by atoms with van der Waals surface area (Å²) in [5, 5.41) is 1.02. The topological polar surface area (TPSA) is 50.8 Å². The highest BCUT2D eigenvalue weighted by Gasteiger charge is 2.09. The predicted octanol–water partition coefficient (Wildman–Crippen LogP) is 5.42. The molecule has 0 aliphatic rings. The maximum absolute atomic E-state index is 5.77. The van der Waals surface area contributed by atoms with Gasteiger partial charge in [0, 0.05) is 5.56 Å². The van der Waals surface area contributed by atoms with Gasteiger partial charge in [-0.05, 0) is 42.5 Å². The average Bonchev–Trinajstić information content (AvgIpc) is 3.30. The van der Waals surface area contributed by atoms with E-state index in [1.165, 1.54) is 4.70 Å². The fourth-order valence-corrected chi connectivity index (χ4v) is 3.89. The molecule has 0 amide bonds. The predicted molar refractivity (Wildman–Crippen MR) is 105 cm³/mol. The van der Waals surface area contributed by atoms with Crippen molar-refractivity contribution >= 4 is 32.6 Å². The van der Waals surface area contributed by atoms with Crippen LogP contribution in [0.25, 0.3) is 31.8 Å². The molecular weight excluding hydrogens is 342 g/mol. The van der Waals surface area contributed by atoms with Crippen molar-refractivity contribution in [3.8, 4) is 16.3 Å². The minimum atomic E-state index is 0.412. The highest BCUT2D eigenvalue weighted by molar-refractivity contribution is 7.21. The smallest absolute Gasteiger partial charge is 0.146 e. The summed E-state index contributed by atoms with van der Waals surface area (Å²) in [6.07, 6.45) is 0. The Labute approximate surface area is 154 Å². The Hall–Kier alpha value is -3.18. The lowest BCUT2D eigenvalue weighted by molar-refractivity contribution is 0.297. The van der Waals surface area contributed by atoms with Crippen LogP contribution in [-0.4, -0.2) is 15.0 Å². The van der Waals surface area contributed by atoms with Crippen molar-refractivity contribution < 1.29 is 4.74 Å². The van der Waals surface area contributed by atoms with Crippen LogP contribution in [0, 0.1) is 0 Å². The number of rotatable bonds is 4. The molecule has 5 aromatic rings. The van der Waals surface area contributed by atoms with E-state index in [0.29, 0.717) is 6.61 Å². The van der Waals surface area contributed by atoms with Gasteiger partial charge in [-0.25, -0.2) is 9.97 Å². The van der Waals surface area contributed by atoms with Crippen molar-refractivity contribution in [3.05, 3.63) is 78.6 Å². The van der Waals surface area contributed by atoms with E-state index in [0.717, 1.165) is 38.7 Å². The Morgan fingerprint density at radius 1 is 0.846 bits per heavy atom. The van der Waals surface area contributed by atoms with Gasteiger partial charge in [0.05, 0.1) is 21.3 Å². The molecule has 0 spiro atoms. The number of para-hydroxylation sites is 2. The third-order valence-corrected chi connectivity index (χ3v) is 5.28. The number of ether oxygens (including phenoxy) is 1. The van der Waals surface area contributed by atoms with Gasteiger partial charge in [-0.1, -0.05) is 30.3 Å². The molecule has 4 nitrogen and oxygen atoms in total. The van der Waals surface area contributed by atoms with E-state index in [-0.39, 0.29) is 0 Å². The third kappa shape index (κ3) is 2.82. The average molecular weight is 357 g/mol. The number of benzene rings is 3. The van der Waals surface area contributed by atoms with Crippen LogP contribution in [-0.2, 0) is 6.61 Å². The first-order chi connectivity index (χ1) is 12.8. The molecule has 2 heterocycles. The van der Waals surface area contributed by atoms with Crippen molar-refractivity contribution in [1.82, 2.24) is 15.0 Å². The number of H-pyrrole nitrogens is 1. The minimum absolute atomic E-state index is 0.412. The quantitative estimate of drug-likeness (QED) is 0.467. The number of aromatic nitrogens is 3. The molecule has 0 atom stereocenters. The number of nitrogens with one attached hydrogen (secondary N) is 1. The van der Waals surface area contributed by atoms with Gasteiger partial charge < -0.3 is 9.72 Å². The highest BCUT2D eigenvalue weighted by atomic mass is 32.1. The van der Waals surface area contributed by atoms with Crippen molar-refractivity contribution in [2.24, 2.45) is 0 Å². The minimum Gasteiger partial charge on any atom is -0.486 e. The molecule has 5 rings (SSSR count). The zero-order valence-electron chi connectivity index (χ0n) is 13.8. The molecule has 0 unspecified atom stereocenters. The van der Waals surface area contributed by atoms with E-state index in [9.17, 15) is 0 Å². The number of aromatic amines is 1. The van der Waals surface area contributed by atoms with Crippen LogP contribution in [0.15, 0.2) is 72.8 Å². The second-order valence-corrected chi connectivity index (χ2v) is 7.03. The second kappa shape index (κ2) is 6.28. The SMILES string of the molecule is c1ccc(OCc2nc3ccc(-c4nc5ccccc5s4)cc3[nH]2)cc1. The van der Waals surface area contributed by atoms with Gasteiger partial charge in [-0.15, -0.1) is 11.3 Å². The molecule has 0 fully saturated rings. The lowest BCUT2D eigenvalue weighted by Crippen LogP contribution is -1.96. The highest BCUT2D eigenvalue weighted by Crippen LogP contribution is 2.31. The van der Waals surface area contributed by atoms with Gasteiger partial charge in [-0.2, -0.15) is 0 Å². The van der Waals surface area contributed by atoms with Gasteiger partial charge >= 0.3 is 0 Å². The van der Waals surface area contributed by atoms with Crippen LogP contribution in [0.3, 0.4) is 0 Å². The Balaban J connectivity index is 1.44. The molecule has 0 saturated carbocycles. The van der Waals surface area contributed by atoms with Crippen LogP contribution >= 0.6 is 11.3 Å². The van der Waals surface area contributed by atoms with Crippen LogP contribution in [0.2, 0.25) is 0 Å².